The molecule has 342 valence electrons. The van der Waals surface area contributed by atoms with Gasteiger partial charge in [0.2, 0.25) is 17.7 Å². The van der Waals surface area contributed by atoms with E-state index in [2.05, 4.69) is 43.5 Å². The average molecular weight is 876 g/mol. The summed E-state index contributed by atoms with van der Waals surface area (Å²) in [6.45, 7) is 11.6. The van der Waals surface area contributed by atoms with Gasteiger partial charge in [-0.25, -0.2) is 9.48 Å². The van der Waals surface area contributed by atoms with Gasteiger partial charge < -0.3 is 55.2 Å². The number of ether oxygens (including phenoxy) is 5. The van der Waals surface area contributed by atoms with Crippen molar-refractivity contribution in [2.75, 3.05) is 82.0 Å². The van der Waals surface area contributed by atoms with Crippen LogP contribution in [0.2, 0.25) is 0 Å². The zero-order valence-corrected chi connectivity index (χ0v) is 36.5. The maximum atomic E-state index is 13.5. The van der Waals surface area contributed by atoms with Gasteiger partial charge >= 0.3 is 6.03 Å². The van der Waals surface area contributed by atoms with Crippen LogP contribution in [-0.2, 0) is 46.5 Å². The summed E-state index contributed by atoms with van der Waals surface area (Å²) in [5.74, 6) is -0.461. The Hall–Kier alpha value is -5.89. The number of nitrogens with one attached hydrogen (secondary N) is 5. The summed E-state index contributed by atoms with van der Waals surface area (Å²) in [7, 11) is 1.74. The number of unbranched alkanes of at least 4 members (excludes halogenated alkanes) is 2. The number of hydrogen-bond donors (Lipinski definition) is 5. The zero-order chi connectivity index (χ0) is 45.0. The lowest BCUT2D eigenvalue weighted by Gasteiger charge is -2.30. The van der Waals surface area contributed by atoms with Crippen molar-refractivity contribution >= 4 is 46.7 Å². The highest BCUT2D eigenvalue weighted by Gasteiger charge is 2.28. The maximum absolute atomic E-state index is 13.5. The molecule has 5 N–H and O–H groups in total. The van der Waals surface area contributed by atoms with Gasteiger partial charge in [-0.15, -0.1) is 5.10 Å². The Kier molecular flexibility index (Phi) is 19.3. The van der Waals surface area contributed by atoms with Gasteiger partial charge in [-0.1, -0.05) is 31.6 Å². The summed E-state index contributed by atoms with van der Waals surface area (Å²) in [6, 6.07) is 10.4. The minimum absolute atomic E-state index is 0.00685. The van der Waals surface area contributed by atoms with Crippen molar-refractivity contribution in [2.45, 2.75) is 83.5 Å². The van der Waals surface area contributed by atoms with E-state index < -0.39 is 11.8 Å². The van der Waals surface area contributed by atoms with Crippen molar-refractivity contribution in [2.24, 2.45) is 0 Å². The number of fused-ring (bicyclic) bond motifs is 1. The normalized spacial score (nSPS) is 16.8. The summed E-state index contributed by atoms with van der Waals surface area (Å²) < 4.78 is 30.1. The second-order valence-electron chi connectivity index (χ2n) is 15.4. The average Bonchev–Trinajstić information content (AvgIpc) is 3.86. The van der Waals surface area contributed by atoms with Crippen molar-refractivity contribution in [3.05, 3.63) is 72.1 Å². The smallest absolute Gasteiger partial charge is 0.315 e. The number of nitrogens with zero attached hydrogens (tertiary/aromatic N) is 4. The molecule has 0 radical (unpaired) electrons. The molecule has 3 atom stereocenters. The number of anilines is 3. The monoisotopic (exact) mass is 875 g/mol. The van der Waals surface area contributed by atoms with E-state index in [1.54, 1.807) is 47.1 Å². The van der Waals surface area contributed by atoms with E-state index >= 15 is 0 Å². The van der Waals surface area contributed by atoms with E-state index in [9.17, 15) is 24.0 Å². The Bertz CT molecular complexity index is 2010. The molecule has 1 aromatic heterocycles. The first-order valence-corrected chi connectivity index (χ1v) is 21.5. The van der Waals surface area contributed by atoms with Crippen molar-refractivity contribution in [3.8, 4) is 5.75 Å². The van der Waals surface area contributed by atoms with Crippen LogP contribution in [0.3, 0.4) is 0 Å². The molecule has 3 aromatic rings. The standard InChI is InChI=1S/C44H61N9O10/c1-5-40(54)48-34-24-32(43(57)49-33-11-12-39-37(27-33)30(2)23-42(56)52(39)4)25-36(26-34)63-29-35-28-46-51-53(35)14-16-60-18-20-62-22-21-61-19-17-59-15-13-45-41(55)10-8-6-7-9-38-31(3)47-44(58)50-38/h5,11-12,24-28,30-31,38H,1,6-10,13-23,29H2,2-4H3,(H,45,55)(H,48,54)(H,49,57)(H2,47,50,58)/t30?,31-,38+/m1/s1. The van der Waals surface area contributed by atoms with E-state index in [0.717, 1.165) is 43.0 Å². The number of amides is 6. The maximum Gasteiger partial charge on any atom is 0.315 e. The third kappa shape index (κ3) is 15.8. The number of hydrogen-bond acceptors (Lipinski definition) is 12. The first-order valence-electron chi connectivity index (χ1n) is 21.5. The highest BCUT2D eigenvalue weighted by Crippen LogP contribution is 2.37. The van der Waals surface area contributed by atoms with Crippen molar-refractivity contribution in [1.29, 1.82) is 0 Å². The molecule has 19 nitrogen and oxygen atoms in total. The van der Waals surface area contributed by atoms with Crippen LogP contribution < -0.4 is 36.2 Å². The highest BCUT2D eigenvalue weighted by molar-refractivity contribution is 6.07. The number of urea groups is 1. The molecule has 0 bridgehead atoms. The molecule has 0 aliphatic carbocycles. The fraction of sp³-hybridized carbons (Fsp3) is 0.523. The molecule has 1 saturated heterocycles. The first kappa shape index (κ1) is 48.1. The molecule has 1 unspecified atom stereocenters. The largest absolute Gasteiger partial charge is 0.487 e. The summed E-state index contributed by atoms with van der Waals surface area (Å²) in [5.41, 5.74) is 3.62. The van der Waals surface area contributed by atoms with E-state index in [4.69, 9.17) is 23.7 Å². The van der Waals surface area contributed by atoms with Gasteiger partial charge in [0.15, 0.2) is 0 Å². The molecule has 0 spiro atoms. The Morgan fingerprint density at radius 1 is 0.873 bits per heavy atom. The van der Waals surface area contributed by atoms with Crippen LogP contribution in [-0.4, -0.2) is 123 Å². The van der Waals surface area contributed by atoms with E-state index in [1.165, 1.54) is 0 Å². The van der Waals surface area contributed by atoms with Gasteiger partial charge in [-0.3, -0.25) is 19.2 Å². The lowest BCUT2D eigenvalue weighted by atomic mass is 9.91. The fourth-order valence-corrected chi connectivity index (χ4v) is 7.05. The quantitative estimate of drug-likeness (QED) is 0.0518. The van der Waals surface area contributed by atoms with Gasteiger partial charge in [0.1, 0.15) is 12.4 Å². The van der Waals surface area contributed by atoms with Gasteiger partial charge in [-0.2, -0.15) is 0 Å². The van der Waals surface area contributed by atoms with Gasteiger partial charge in [0.05, 0.1) is 77.3 Å². The third-order valence-electron chi connectivity index (χ3n) is 10.6. The minimum atomic E-state index is -0.444. The third-order valence-corrected chi connectivity index (χ3v) is 10.6. The van der Waals surface area contributed by atoms with Crippen LogP contribution in [0.4, 0.5) is 21.9 Å². The molecule has 2 aliphatic rings. The second kappa shape index (κ2) is 25.3. The number of aromatic nitrogens is 3. The Labute approximate surface area is 367 Å². The van der Waals surface area contributed by atoms with Crippen molar-refractivity contribution < 1.29 is 47.7 Å². The molecular weight excluding hydrogens is 815 g/mol. The van der Waals surface area contributed by atoms with Crippen LogP contribution in [0.1, 0.15) is 79.9 Å². The number of carbonyl (C=O) groups excluding carboxylic acids is 5. The predicted octanol–water partition coefficient (Wildman–Crippen LogP) is 3.91. The minimum Gasteiger partial charge on any atom is -0.487 e. The molecule has 2 aromatic carbocycles. The van der Waals surface area contributed by atoms with Gasteiger partial charge in [0, 0.05) is 61.2 Å². The van der Waals surface area contributed by atoms with Gasteiger partial charge in [0.25, 0.3) is 5.91 Å². The molecule has 63 heavy (non-hydrogen) atoms. The number of carbonyl (C=O) groups is 5. The van der Waals surface area contributed by atoms with Crippen molar-refractivity contribution in [3.63, 3.8) is 0 Å². The van der Waals surface area contributed by atoms with E-state index in [1.807, 2.05) is 26.0 Å². The lowest BCUT2D eigenvalue weighted by Crippen LogP contribution is -2.32. The Morgan fingerprint density at radius 2 is 1.60 bits per heavy atom. The molecular formula is C44H61N9O10. The van der Waals surface area contributed by atoms with Crippen LogP contribution in [0, 0.1) is 0 Å². The molecule has 2 aliphatic heterocycles. The van der Waals surface area contributed by atoms with Crippen LogP contribution in [0.5, 0.6) is 5.75 Å². The number of rotatable bonds is 28. The molecule has 5 rings (SSSR count). The number of benzene rings is 2. The van der Waals surface area contributed by atoms with E-state index in [0.29, 0.717) is 102 Å². The SMILES string of the molecule is C=CC(=O)Nc1cc(OCc2cnnn2CCOCCOCCOCCOCCNC(=O)CCCCC[C@@H]2NC(=O)N[C@@H]2C)cc(C(=O)Nc2ccc3c(c2)C(C)CC(=O)N3C)c1. The summed E-state index contributed by atoms with van der Waals surface area (Å²) in [5, 5.41) is 22.4. The second-order valence-corrected chi connectivity index (χ2v) is 15.4. The first-order chi connectivity index (χ1) is 30.5. The summed E-state index contributed by atoms with van der Waals surface area (Å²) in [6.07, 6.45) is 7.20. The lowest BCUT2D eigenvalue weighted by molar-refractivity contribution is -0.121. The van der Waals surface area contributed by atoms with Crippen LogP contribution in [0.15, 0.2) is 55.3 Å². The highest BCUT2D eigenvalue weighted by atomic mass is 16.6. The summed E-state index contributed by atoms with van der Waals surface area (Å²) >= 11 is 0. The Balaban J connectivity index is 0.911. The van der Waals surface area contributed by atoms with Crippen LogP contribution in [0.25, 0.3) is 0 Å². The fourth-order valence-electron chi connectivity index (χ4n) is 7.05. The molecule has 0 saturated carbocycles. The van der Waals surface area contributed by atoms with E-state index in [-0.39, 0.29) is 48.0 Å². The molecule has 19 heteroatoms. The topological polar surface area (TPSA) is 226 Å². The Morgan fingerprint density at radius 3 is 2.32 bits per heavy atom. The predicted molar refractivity (Wildman–Crippen MR) is 235 cm³/mol. The molecule has 1 fully saturated rings. The molecule has 3 heterocycles. The van der Waals surface area contributed by atoms with Crippen LogP contribution >= 0.6 is 0 Å². The van der Waals surface area contributed by atoms with Crippen molar-refractivity contribution in [1.82, 2.24) is 30.9 Å². The molecule has 6 amide bonds. The van der Waals surface area contributed by atoms with Gasteiger partial charge in [-0.05, 0) is 67.7 Å². The zero-order valence-electron chi connectivity index (χ0n) is 36.5. The summed E-state index contributed by atoms with van der Waals surface area (Å²) in [4.78, 5) is 62.9.